The number of nitrogens with one attached hydrogen (secondary N) is 1. The number of hydrogen-bond donors (Lipinski definition) is 2. The van der Waals surface area contributed by atoms with Gasteiger partial charge in [0.15, 0.2) is 0 Å². The number of rotatable bonds is 1. The maximum Gasteiger partial charge on any atom is 0.0860 e. The molecule has 3 aliphatic carbocycles. The molecule has 168 valence electrons. The Labute approximate surface area is 187 Å². The van der Waals surface area contributed by atoms with E-state index in [1.165, 1.54) is 43.0 Å². The van der Waals surface area contributed by atoms with Crippen molar-refractivity contribution in [3.63, 3.8) is 0 Å². The molecule has 3 fully saturated rings. The van der Waals surface area contributed by atoms with Crippen LogP contribution in [0.5, 0.6) is 0 Å². The average molecular weight is 422 g/mol. The van der Waals surface area contributed by atoms with E-state index in [1.54, 1.807) is 11.3 Å². The molecule has 2 N–H and O–H groups in total. The second kappa shape index (κ2) is 6.17. The number of aromatic nitrogens is 1. The van der Waals surface area contributed by atoms with Gasteiger partial charge in [-0.25, -0.2) is 0 Å². The van der Waals surface area contributed by atoms with Crippen molar-refractivity contribution in [1.29, 1.82) is 0 Å². The number of H-pyrrole nitrogens is 1. The fourth-order valence-electron chi connectivity index (χ4n) is 8.96. The maximum absolute atomic E-state index is 10.6. The number of para-hydroxylation sites is 1. The lowest BCUT2D eigenvalue weighted by atomic mass is 9.40. The van der Waals surface area contributed by atoms with Crippen molar-refractivity contribution in [3.8, 4) is 0 Å². The zero-order chi connectivity index (χ0) is 21.8. The van der Waals surface area contributed by atoms with E-state index in [0.29, 0.717) is 5.92 Å². The molecule has 2 aromatic rings. The summed E-state index contributed by atoms with van der Waals surface area (Å²) in [5.41, 5.74) is 4.38. The minimum absolute atomic E-state index is 0.0337. The standard InChI is InChI=1S/C28H39NO2/c1-25(2,30)22-12-14-26(3)21-11-10-17-16-19-18-8-6-7-9-20(18)29-24(19)28(17,5)27(21,4)15-13-23(26)31-22/h6-9,17,21-23,29-30H,10-16H2,1-5H3. The topological polar surface area (TPSA) is 45.2 Å². The van der Waals surface area contributed by atoms with Crippen molar-refractivity contribution in [3.05, 3.63) is 35.5 Å². The van der Waals surface area contributed by atoms with E-state index < -0.39 is 5.60 Å². The predicted molar refractivity (Wildman–Crippen MR) is 125 cm³/mol. The Bertz CT molecular complexity index is 1030. The monoisotopic (exact) mass is 421 g/mol. The first-order valence-electron chi connectivity index (χ1n) is 12.6. The van der Waals surface area contributed by atoms with Gasteiger partial charge in [0.1, 0.15) is 0 Å². The molecule has 1 aromatic heterocycles. The second-order valence-electron chi connectivity index (χ2n) is 12.5. The van der Waals surface area contributed by atoms with E-state index in [0.717, 1.165) is 18.8 Å². The summed E-state index contributed by atoms with van der Waals surface area (Å²) in [7, 11) is 0. The van der Waals surface area contributed by atoms with Gasteiger partial charge in [-0.1, -0.05) is 39.0 Å². The zero-order valence-corrected chi connectivity index (χ0v) is 19.9. The minimum atomic E-state index is -0.754. The summed E-state index contributed by atoms with van der Waals surface area (Å²) < 4.78 is 6.66. The summed E-state index contributed by atoms with van der Waals surface area (Å²) in [6.07, 6.45) is 8.61. The van der Waals surface area contributed by atoms with Crippen LogP contribution in [0.2, 0.25) is 0 Å². The van der Waals surface area contributed by atoms with Gasteiger partial charge < -0.3 is 14.8 Å². The van der Waals surface area contributed by atoms with Crippen molar-refractivity contribution >= 4 is 10.9 Å². The first kappa shape index (κ1) is 20.3. The third kappa shape index (κ3) is 2.43. The molecular formula is C28H39NO2. The van der Waals surface area contributed by atoms with Crippen LogP contribution in [-0.2, 0) is 16.6 Å². The summed E-state index contributed by atoms with van der Waals surface area (Å²) in [4.78, 5) is 3.92. The van der Waals surface area contributed by atoms with Crippen LogP contribution in [0.4, 0.5) is 0 Å². The Kier molecular flexibility index (Phi) is 4.04. The molecule has 3 heteroatoms. The summed E-state index contributed by atoms with van der Waals surface area (Å²) >= 11 is 0. The average Bonchev–Trinajstić information content (AvgIpc) is 3.22. The van der Waals surface area contributed by atoms with Gasteiger partial charge in [0, 0.05) is 22.0 Å². The first-order valence-corrected chi connectivity index (χ1v) is 12.6. The number of benzene rings is 1. The Morgan fingerprint density at radius 2 is 1.81 bits per heavy atom. The number of hydrogen-bond acceptors (Lipinski definition) is 2. The molecule has 1 aliphatic heterocycles. The van der Waals surface area contributed by atoms with Gasteiger partial charge in [-0.15, -0.1) is 0 Å². The molecule has 0 spiro atoms. The molecule has 2 saturated carbocycles. The van der Waals surface area contributed by atoms with Crippen LogP contribution in [0.1, 0.15) is 84.4 Å². The second-order valence-corrected chi connectivity index (χ2v) is 12.5. The Balaban J connectivity index is 1.42. The quantitative estimate of drug-likeness (QED) is 0.581. The lowest BCUT2D eigenvalue weighted by Crippen LogP contribution is -2.64. The Hall–Kier alpha value is -1.32. The van der Waals surface area contributed by atoms with Crippen molar-refractivity contribution in [2.24, 2.45) is 22.7 Å². The zero-order valence-electron chi connectivity index (χ0n) is 19.9. The largest absolute Gasteiger partial charge is 0.388 e. The lowest BCUT2D eigenvalue weighted by molar-refractivity contribution is -0.246. The van der Waals surface area contributed by atoms with Gasteiger partial charge in [-0.2, -0.15) is 0 Å². The maximum atomic E-state index is 10.6. The summed E-state index contributed by atoms with van der Waals surface area (Å²) in [5, 5.41) is 12.1. The molecule has 6 rings (SSSR count). The van der Waals surface area contributed by atoms with Crippen LogP contribution < -0.4 is 0 Å². The van der Waals surface area contributed by atoms with Crippen LogP contribution in [0.25, 0.3) is 10.9 Å². The molecular weight excluding hydrogens is 382 g/mol. The van der Waals surface area contributed by atoms with Gasteiger partial charge >= 0.3 is 0 Å². The van der Waals surface area contributed by atoms with Crippen LogP contribution in [-0.4, -0.2) is 27.9 Å². The Morgan fingerprint density at radius 3 is 2.58 bits per heavy atom. The summed E-state index contributed by atoms with van der Waals surface area (Å²) in [6.45, 7) is 11.6. The van der Waals surface area contributed by atoms with E-state index >= 15 is 0 Å². The normalized spacial score (nSPS) is 44.5. The van der Waals surface area contributed by atoms with Crippen molar-refractivity contribution in [2.45, 2.75) is 103 Å². The molecule has 7 atom stereocenters. The van der Waals surface area contributed by atoms with Gasteiger partial charge in [-0.05, 0) is 93.1 Å². The molecule has 4 aliphatic rings. The molecule has 0 amide bonds. The first-order chi connectivity index (χ1) is 14.6. The smallest absolute Gasteiger partial charge is 0.0860 e. The van der Waals surface area contributed by atoms with Gasteiger partial charge in [0.05, 0.1) is 17.8 Å². The third-order valence-electron chi connectivity index (χ3n) is 10.9. The summed E-state index contributed by atoms with van der Waals surface area (Å²) in [6, 6.07) is 8.91. The minimum Gasteiger partial charge on any atom is -0.388 e. The molecule has 7 unspecified atom stereocenters. The Morgan fingerprint density at radius 1 is 1.03 bits per heavy atom. The fourth-order valence-corrected chi connectivity index (χ4v) is 8.96. The number of fused-ring (bicyclic) bond motifs is 9. The highest BCUT2D eigenvalue weighted by Crippen LogP contribution is 2.71. The highest BCUT2D eigenvalue weighted by molar-refractivity contribution is 5.86. The van der Waals surface area contributed by atoms with Crippen LogP contribution in [0.15, 0.2) is 24.3 Å². The molecule has 0 radical (unpaired) electrons. The van der Waals surface area contributed by atoms with E-state index in [4.69, 9.17) is 4.74 Å². The fraction of sp³-hybridized carbons (Fsp3) is 0.714. The number of aliphatic hydroxyl groups is 1. The van der Waals surface area contributed by atoms with E-state index in [9.17, 15) is 5.11 Å². The molecule has 1 aromatic carbocycles. The van der Waals surface area contributed by atoms with Crippen LogP contribution in [0, 0.1) is 22.7 Å². The molecule has 0 bridgehead atoms. The van der Waals surface area contributed by atoms with Gasteiger partial charge in [-0.3, -0.25) is 0 Å². The molecule has 2 heterocycles. The number of aromatic amines is 1. The van der Waals surface area contributed by atoms with Crippen LogP contribution in [0.3, 0.4) is 0 Å². The highest BCUT2D eigenvalue weighted by Gasteiger charge is 2.67. The highest BCUT2D eigenvalue weighted by atomic mass is 16.5. The van der Waals surface area contributed by atoms with E-state index in [1.807, 2.05) is 13.8 Å². The number of ether oxygens (including phenoxy) is 1. The van der Waals surface area contributed by atoms with Gasteiger partial charge in [0.2, 0.25) is 0 Å². The third-order valence-corrected chi connectivity index (χ3v) is 10.9. The van der Waals surface area contributed by atoms with Crippen molar-refractivity contribution in [2.75, 3.05) is 0 Å². The summed E-state index contributed by atoms with van der Waals surface area (Å²) in [5.74, 6) is 1.41. The molecule has 1 saturated heterocycles. The van der Waals surface area contributed by atoms with Crippen LogP contribution >= 0.6 is 0 Å². The SMILES string of the molecule is CC(C)(O)C1CCC2(C)C(CCC3(C)C2CCC2Cc4c([nH]c5ccccc45)C23C)O1. The lowest BCUT2D eigenvalue weighted by Gasteiger charge is -2.67. The van der Waals surface area contributed by atoms with Crippen molar-refractivity contribution < 1.29 is 9.84 Å². The van der Waals surface area contributed by atoms with E-state index in [2.05, 4.69) is 50.0 Å². The van der Waals surface area contributed by atoms with Crippen molar-refractivity contribution in [1.82, 2.24) is 4.98 Å². The van der Waals surface area contributed by atoms with Gasteiger partial charge in [0.25, 0.3) is 0 Å². The molecule has 31 heavy (non-hydrogen) atoms. The molecule has 3 nitrogen and oxygen atoms in total. The predicted octanol–water partition coefficient (Wildman–Crippen LogP) is 6.13. The van der Waals surface area contributed by atoms with E-state index in [-0.39, 0.29) is 28.5 Å².